The van der Waals surface area contributed by atoms with Gasteiger partial charge in [-0.1, -0.05) is 17.7 Å². The number of rotatable bonds is 3. The number of ether oxygens (including phenoxy) is 1. The van der Waals surface area contributed by atoms with Crippen molar-refractivity contribution in [1.29, 1.82) is 0 Å². The third-order valence-corrected chi connectivity index (χ3v) is 3.68. The van der Waals surface area contributed by atoms with E-state index in [4.69, 9.17) is 11.6 Å². The van der Waals surface area contributed by atoms with Crippen LogP contribution < -0.4 is 0 Å². The van der Waals surface area contributed by atoms with Crippen molar-refractivity contribution in [3.05, 3.63) is 39.9 Å². The standard InChI is InChI=1S/C13H12ClNO2S/c1-8-5-9(14)3-4-11(8)13-15-10(7-18-13)6-12(16)17-2/h3-5,7H,6H2,1-2H3. The fourth-order valence-electron chi connectivity index (χ4n) is 1.60. The largest absolute Gasteiger partial charge is 0.469 e. The second-order valence-corrected chi connectivity index (χ2v) is 5.15. The Bertz CT molecular complexity index is 580. The first kappa shape index (κ1) is 13.1. The van der Waals surface area contributed by atoms with E-state index >= 15 is 0 Å². The van der Waals surface area contributed by atoms with Crippen LogP contribution in [0.2, 0.25) is 5.02 Å². The van der Waals surface area contributed by atoms with Crippen LogP contribution in [0.3, 0.4) is 0 Å². The van der Waals surface area contributed by atoms with Gasteiger partial charge in [-0.25, -0.2) is 4.98 Å². The molecule has 2 aromatic rings. The first-order chi connectivity index (χ1) is 8.60. The number of hydrogen-bond donors (Lipinski definition) is 0. The smallest absolute Gasteiger partial charge is 0.311 e. The number of aromatic nitrogens is 1. The average Bonchev–Trinajstić information content (AvgIpc) is 2.77. The van der Waals surface area contributed by atoms with Gasteiger partial charge in [0.15, 0.2) is 0 Å². The van der Waals surface area contributed by atoms with E-state index in [-0.39, 0.29) is 12.4 Å². The average molecular weight is 282 g/mol. The Morgan fingerprint density at radius 1 is 1.50 bits per heavy atom. The molecule has 94 valence electrons. The molecule has 0 aliphatic carbocycles. The molecule has 1 aromatic heterocycles. The number of esters is 1. The van der Waals surface area contributed by atoms with Gasteiger partial charge in [-0.15, -0.1) is 11.3 Å². The van der Waals surface area contributed by atoms with E-state index in [1.807, 2.05) is 30.5 Å². The molecule has 0 amide bonds. The fourth-order valence-corrected chi connectivity index (χ4v) is 2.74. The van der Waals surface area contributed by atoms with Gasteiger partial charge >= 0.3 is 5.97 Å². The number of carbonyl (C=O) groups is 1. The first-order valence-electron chi connectivity index (χ1n) is 5.38. The van der Waals surface area contributed by atoms with Crippen LogP contribution in [0.5, 0.6) is 0 Å². The molecule has 0 unspecified atom stereocenters. The Kier molecular flexibility index (Phi) is 3.99. The number of thiazole rings is 1. The number of carbonyl (C=O) groups excluding carboxylic acids is 1. The zero-order valence-corrected chi connectivity index (χ0v) is 11.6. The van der Waals surface area contributed by atoms with Crippen LogP contribution in [0.1, 0.15) is 11.3 Å². The fraction of sp³-hybridized carbons (Fsp3) is 0.231. The Morgan fingerprint density at radius 2 is 2.28 bits per heavy atom. The number of hydrogen-bond acceptors (Lipinski definition) is 4. The minimum Gasteiger partial charge on any atom is -0.469 e. The lowest BCUT2D eigenvalue weighted by atomic mass is 10.1. The van der Waals surface area contributed by atoms with Gasteiger partial charge < -0.3 is 4.74 Å². The van der Waals surface area contributed by atoms with Crippen molar-refractivity contribution >= 4 is 28.9 Å². The van der Waals surface area contributed by atoms with Gasteiger partial charge in [-0.3, -0.25) is 4.79 Å². The minimum atomic E-state index is -0.278. The molecule has 18 heavy (non-hydrogen) atoms. The molecule has 0 bridgehead atoms. The van der Waals surface area contributed by atoms with Crippen LogP contribution in [0, 0.1) is 6.92 Å². The summed E-state index contributed by atoms with van der Waals surface area (Å²) in [6, 6.07) is 5.68. The molecule has 0 radical (unpaired) electrons. The Labute approximate surface area is 114 Å². The van der Waals surface area contributed by atoms with Gasteiger partial charge in [0.2, 0.25) is 0 Å². The molecule has 0 spiro atoms. The van der Waals surface area contributed by atoms with Gasteiger partial charge in [0.25, 0.3) is 0 Å². The molecular formula is C13H12ClNO2S. The summed E-state index contributed by atoms with van der Waals surface area (Å²) in [4.78, 5) is 15.6. The molecular weight excluding hydrogens is 270 g/mol. The monoisotopic (exact) mass is 281 g/mol. The van der Waals surface area contributed by atoms with Crippen LogP contribution in [0.25, 0.3) is 10.6 Å². The quantitative estimate of drug-likeness (QED) is 0.809. The second-order valence-electron chi connectivity index (χ2n) is 3.86. The maximum absolute atomic E-state index is 11.2. The number of benzene rings is 1. The van der Waals surface area contributed by atoms with E-state index in [1.165, 1.54) is 18.4 Å². The summed E-state index contributed by atoms with van der Waals surface area (Å²) >= 11 is 7.43. The van der Waals surface area contributed by atoms with Crippen molar-refractivity contribution in [1.82, 2.24) is 4.98 Å². The summed E-state index contributed by atoms with van der Waals surface area (Å²) in [7, 11) is 1.37. The maximum atomic E-state index is 11.2. The van der Waals surface area contributed by atoms with E-state index in [0.29, 0.717) is 5.02 Å². The second kappa shape index (κ2) is 5.50. The number of aryl methyl sites for hydroxylation is 1. The van der Waals surface area contributed by atoms with Crippen molar-refractivity contribution in [2.75, 3.05) is 7.11 Å². The van der Waals surface area contributed by atoms with E-state index in [1.54, 1.807) is 0 Å². The van der Waals surface area contributed by atoms with Crippen molar-refractivity contribution in [2.24, 2.45) is 0 Å². The molecule has 0 fully saturated rings. The predicted octanol–water partition coefficient (Wildman–Crippen LogP) is 3.49. The molecule has 2 rings (SSSR count). The zero-order chi connectivity index (χ0) is 13.1. The van der Waals surface area contributed by atoms with Crippen molar-refractivity contribution in [3.8, 4) is 10.6 Å². The highest BCUT2D eigenvalue weighted by molar-refractivity contribution is 7.13. The van der Waals surface area contributed by atoms with Gasteiger partial charge in [-0.2, -0.15) is 0 Å². The number of nitrogens with zero attached hydrogens (tertiary/aromatic N) is 1. The van der Waals surface area contributed by atoms with Crippen molar-refractivity contribution in [3.63, 3.8) is 0 Å². The van der Waals surface area contributed by atoms with Crippen LogP contribution in [0.4, 0.5) is 0 Å². The van der Waals surface area contributed by atoms with Crippen LogP contribution in [0.15, 0.2) is 23.6 Å². The lowest BCUT2D eigenvalue weighted by molar-refractivity contribution is -0.139. The number of methoxy groups -OCH3 is 1. The lowest BCUT2D eigenvalue weighted by Crippen LogP contribution is -2.04. The summed E-state index contributed by atoms with van der Waals surface area (Å²) in [5.41, 5.74) is 2.85. The van der Waals surface area contributed by atoms with Crippen molar-refractivity contribution < 1.29 is 9.53 Å². The van der Waals surface area contributed by atoms with E-state index in [9.17, 15) is 4.79 Å². The van der Waals surface area contributed by atoms with E-state index in [2.05, 4.69) is 9.72 Å². The van der Waals surface area contributed by atoms with E-state index in [0.717, 1.165) is 21.8 Å². The molecule has 1 aromatic carbocycles. The van der Waals surface area contributed by atoms with Crippen LogP contribution in [-0.4, -0.2) is 18.1 Å². The van der Waals surface area contributed by atoms with Gasteiger partial charge in [0, 0.05) is 16.0 Å². The summed E-state index contributed by atoms with van der Waals surface area (Å²) < 4.78 is 4.62. The highest BCUT2D eigenvalue weighted by Gasteiger charge is 2.10. The molecule has 0 aliphatic heterocycles. The molecule has 5 heteroatoms. The highest BCUT2D eigenvalue weighted by Crippen LogP contribution is 2.28. The molecule has 0 aliphatic rings. The van der Waals surface area contributed by atoms with Gasteiger partial charge in [-0.05, 0) is 24.6 Å². The number of halogens is 1. The van der Waals surface area contributed by atoms with Crippen molar-refractivity contribution in [2.45, 2.75) is 13.3 Å². The van der Waals surface area contributed by atoms with Gasteiger partial charge in [0.05, 0.1) is 19.2 Å². The Hall–Kier alpha value is -1.39. The molecule has 0 atom stereocenters. The summed E-state index contributed by atoms with van der Waals surface area (Å²) in [6.07, 6.45) is 0.208. The van der Waals surface area contributed by atoms with E-state index < -0.39 is 0 Å². The Balaban J connectivity index is 2.26. The lowest BCUT2D eigenvalue weighted by Gasteiger charge is -2.02. The Morgan fingerprint density at radius 3 is 2.94 bits per heavy atom. The zero-order valence-electron chi connectivity index (χ0n) is 10.1. The maximum Gasteiger partial charge on any atom is 0.311 e. The highest BCUT2D eigenvalue weighted by atomic mass is 35.5. The summed E-state index contributed by atoms with van der Waals surface area (Å²) in [5, 5.41) is 3.48. The third kappa shape index (κ3) is 2.89. The van der Waals surface area contributed by atoms with Gasteiger partial charge in [0.1, 0.15) is 5.01 Å². The third-order valence-electron chi connectivity index (χ3n) is 2.52. The molecule has 0 N–H and O–H groups in total. The molecule has 1 heterocycles. The topological polar surface area (TPSA) is 39.2 Å². The molecule has 3 nitrogen and oxygen atoms in total. The normalized spacial score (nSPS) is 10.4. The molecule has 0 saturated heterocycles. The predicted molar refractivity (Wildman–Crippen MR) is 73.0 cm³/mol. The van der Waals surface area contributed by atoms with Crippen LogP contribution in [-0.2, 0) is 16.0 Å². The SMILES string of the molecule is COC(=O)Cc1csc(-c2ccc(Cl)cc2C)n1. The van der Waals surface area contributed by atoms with Crippen LogP contribution >= 0.6 is 22.9 Å². The minimum absolute atomic E-state index is 0.208. The summed E-state index contributed by atoms with van der Waals surface area (Å²) in [5.74, 6) is -0.278. The first-order valence-corrected chi connectivity index (χ1v) is 6.63. The summed E-state index contributed by atoms with van der Waals surface area (Å²) in [6.45, 7) is 1.99. The molecule has 0 saturated carbocycles.